The molecule has 0 spiro atoms. The molecule has 0 unspecified atom stereocenters. The Balaban J connectivity index is 2.64. The molecule has 2 aromatic carbocycles. The minimum atomic E-state index is -1.15. The Labute approximate surface area is 96.1 Å². The SMILES string of the molecule is O=C(O)c1ccccc1-c1ccc(F)cc1F. The molecule has 17 heavy (non-hydrogen) atoms. The highest BCUT2D eigenvalue weighted by molar-refractivity contribution is 5.96. The Kier molecular flexibility index (Phi) is 2.87. The molecule has 4 heteroatoms. The Hall–Kier alpha value is -2.23. The third-order valence-electron chi connectivity index (χ3n) is 2.38. The van der Waals surface area contributed by atoms with E-state index in [9.17, 15) is 13.6 Å². The standard InChI is InChI=1S/C13H8F2O2/c14-8-5-6-10(12(15)7-8)9-3-1-2-4-11(9)13(16)17/h1-7H,(H,16,17). The Morgan fingerprint density at radius 1 is 1.00 bits per heavy atom. The van der Waals surface area contributed by atoms with Gasteiger partial charge in [0, 0.05) is 11.6 Å². The fourth-order valence-electron chi connectivity index (χ4n) is 1.61. The second-order valence-corrected chi connectivity index (χ2v) is 3.47. The van der Waals surface area contributed by atoms with E-state index in [1.54, 1.807) is 12.1 Å². The highest BCUT2D eigenvalue weighted by atomic mass is 19.1. The van der Waals surface area contributed by atoms with E-state index in [-0.39, 0.29) is 16.7 Å². The van der Waals surface area contributed by atoms with Crippen molar-refractivity contribution >= 4 is 5.97 Å². The van der Waals surface area contributed by atoms with Crippen LogP contribution in [0.1, 0.15) is 10.4 Å². The van der Waals surface area contributed by atoms with Crippen LogP contribution in [-0.2, 0) is 0 Å². The van der Waals surface area contributed by atoms with Crippen LogP contribution in [0.4, 0.5) is 8.78 Å². The normalized spacial score (nSPS) is 10.2. The summed E-state index contributed by atoms with van der Waals surface area (Å²) in [6.07, 6.45) is 0. The van der Waals surface area contributed by atoms with Crippen LogP contribution in [0.5, 0.6) is 0 Å². The summed E-state index contributed by atoms with van der Waals surface area (Å²) in [7, 11) is 0. The molecule has 1 N–H and O–H groups in total. The monoisotopic (exact) mass is 234 g/mol. The Morgan fingerprint density at radius 3 is 2.35 bits per heavy atom. The van der Waals surface area contributed by atoms with E-state index in [1.165, 1.54) is 18.2 Å². The van der Waals surface area contributed by atoms with Crippen LogP contribution >= 0.6 is 0 Å². The van der Waals surface area contributed by atoms with Crippen LogP contribution < -0.4 is 0 Å². The van der Waals surface area contributed by atoms with Crippen LogP contribution in [0.15, 0.2) is 42.5 Å². The Morgan fingerprint density at radius 2 is 1.71 bits per heavy atom. The van der Waals surface area contributed by atoms with Crippen LogP contribution in [0, 0.1) is 11.6 Å². The van der Waals surface area contributed by atoms with Gasteiger partial charge in [0.1, 0.15) is 11.6 Å². The van der Waals surface area contributed by atoms with Gasteiger partial charge in [-0.25, -0.2) is 13.6 Å². The minimum Gasteiger partial charge on any atom is -0.478 e. The molecular formula is C13H8F2O2. The van der Waals surface area contributed by atoms with Crippen molar-refractivity contribution in [3.05, 3.63) is 59.7 Å². The van der Waals surface area contributed by atoms with Gasteiger partial charge in [0.25, 0.3) is 0 Å². The lowest BCUT2D eigenvalue weighted by Gasteiger charge is -2.07. The van der Waals surface area contributed by atoms with Gasteiger partial charge < -0.3 is 5.11 Å². The number of carboxylic acids is 1. The highest BCUT2D eigenvalue weighted by Crippen LogP contribution is 2.26. The van der Waals surface area contributed by atoms with E-state index in [0.29, 0.717) is 0 Å². The average Bonchev–Trinajstić information content (AvgIpc) is 2.29. The van der Waals surface area contributed by atoms with Gasteiger partial charge >= 0.3 is 5.97 Å². The molecular weight excluding hydrogens is 226 g/mol. The number of hydrogen-bond acceptors (Lipinski definition) is 1. The van der Waals surface area contributed by atoms with Gasteiger partial charge in [-0.15, -0.1) is 0 Å². The Bertz CT molecular complexity index is 579. The molecule has 0 heterocycles. The molecule has 0 aliphatic heterocycles. The largest absolute Gasteiger partial charge is 0.478 e. The molecule has 0 aromatic heterocycles. The molecule has 2 aromatic rings. The van der Waals surface area contributed by atoms with Gasteiger partial charge in [-0.1, -0.05) is 18.2 Å². The fraction of sp³-hybridized carbons (Fsp3) is 0. The van der Waals surface area contributed by atoms with E-state index in [1.807, 2.05) is 0 Å². The van der Waals surface area contributed by atoms with Gasteiger partial charge in [0.15, 0.2) is 0 Å². The summed E-state index contributed by atoms with van der Waals surface area (Å²) in [6.45, 7) is 0. The van der Waals surface area contributed by atoms with E-state index >= 15 is 0 Å². The van der Waals surface area contributed by atoms with E-state index < -0.39 is 17.6 Å². The van der Waals surface area contributed by atoms with Gasteiger partial charge in [-0.3, -0.25) is 0 Å². The van der Waals surface area contributed by atoms with Crippen LogP contribution in [-0.4, -0.2) is 11.1 Å². The quantitative estimate of drug-likeness (QED) is 0.865. The van der Waals surface area contributed by atoms with E-state index in [0.717, 1.165) is 12.1 Å². The van der Waals surface area contributed by atoms with Gasteiger partial charge in [-0.2, -0.15) is 0 Å². The first kappa shape index (κ1) is 11.3. The highest BCUT2D eigenvalue weighted by Gasteiger charge is 2.14. The molecule has 0 saturated carbocycles. The van der Waals surface area contributed by atoms with Crippen molar-refractivity contribution < 1.29 is 18.7 Å². The number of carboxylic acid groups (broad SMARTS) is 1. The van der Waals surface area contributed by atoms with Crippen molar-refractivity contribution in [2.24, 2.45) is 0 Å². The number of rotatable bonds is 2. The second-order valence-electron chi connectivity index (χ2n) is 3.47. The molecule has 2 rings (SSSR count). The van der Waals surface area contributed by atoms with Crippen molar-refractivity contribution in [3.63, 3.8) is 0 Å². The topological polar surface area (TPSA) is 37.3 Å². The molecule has 0 aliphatic rings. The third kappa shape index (κ3) is 2.15. The maximum atomic E-state index is 13.5. The van der Waals surface area contributed by atoms with Crippen LogP contribution in [0.3, 0.4) is 0 Å². The second kappa shape index (κ2) is 4.33. The summed E-state index contributed by atoms with van der Waals surface area (Å²) < 4.78 is 26.3. The summed E-state index contributed by atoms with van der Waals surface area (Å²) in [5.41, 5.74) is 0.292. The minimum absolute atomic E-state index is 0.0157. The molecule has 0 aliphatic carbocycles. The first-order chi connectivity index (χ1) is 8.09. The summed E-state index contributed by atoms with van der Waals surface area (Å²) in [5.74, 6) is -2.62. The van der Waals surface area contributed by atoms with E-state index in [4.69, 9.17) is 5.11 Å². The van der Waals surface area contributed by atoms with Gasteiger partial charge in [-0.05, 0) is 23.8 Å². The molecule has 0 atom stereocenters. The van der Waals surface area contributed by atoms with E-state index in [2.05, 4.69) is 0 Å². The predicted molar refractivity (Wildman–Crippen MR) is 58.8 cm³/mol. The molecule has 0 fully saturated rings. The van der Waals surface area contributed by atoms with Crippen molar-refractivity contribution in [2.75, 3.05) is 0 Å². The van der Waals surface area contributed by atoms with Crippen molar-refractivity contribution in [3.8, 4) is 11.1 Å². The maximum Gasteiger partial charge on any atom is 0.336 e. The van der Waals surface area contributed by atoms with Gasteiger partial charge in [0.05, 0.1) is 5.56 Å². The smallest absolute Gasteiger partial charge is 0.336 e. The van der Waals surface area contributed by atoms with Crippen LogP contribution in [0.2, 0.25) is 0 Å². The summed E-state index contributed by atoms with van der Waals surface area (Å²) >= 11 is 0. The number of halogens is 2. The summed E-state index contributed by atoms with van der Waals surface area (Å²) in [4.78, 5) is 11.0. The zero-order valence-electron chi connectivity index (χ0n) is 8.65. The number of benzene rings is 2. The molecule has 0 saturated heterocycles. The number of carbonyl (C=O) groups is 1. The van der Waals surface area contributed by atoms with Crippen molar-refractivity contribution in [2.45, 2.75) is 0 Å². The maximum absolute atomic E-state index is 13.5. The van der Waals surface area contributed by atoms with Gasteiger partial charge in [0.2, 0.25) is 0 Å². The zero-order chi connectivity index (χ0) is 12.4. The lowest BCUT2D eigenvalue weighted by atomic mass is 9.99. The molecule has 0 radical (unpaired) electrons. The third-order valence-corrected chi connectivity index (χ3v) is 2.38. The first-order valence-electron chi connectivity index (χ1n) is 4.87. The molecule has 2 nitrogen and oxygen atoms in total. The fourth-order valence-corrected chi connectivity index (χ4v) is 1.61. The first-order valence-corrected chi connectivity index (χ1v) is 4.87. The summed E-state index contributed by atoms with van der Waals surface area (Å²) in [5, 5.41) is 8.98. The number of aromatic carboxylic acids is 1. The zero-order valence-corrected chi connectivity index (χ0v) is 8.65. The molecule has 0 bridgehead atoms. The predicted octanol–water partition coefficient (Wildman–Crippen LogP) is 3.33. The lowest BCUT2D eigenvalue weighted by Crippen LogP contribution is -2.00. The number of hydrogen-bond donors (Lipinski definition) is 1. The lowest BCUT2D eigenvalue weighted by molar-refractivity contribution is 0.0697. The van der Waals surface area contributed by atoms with Crippen LogP contribution in [0.25, 0.3) is 11.1 Å². The summed E-state index contributed by atoms with van der Waals surface area (Å²) in [6, 6.07) is 9.07. The average molecular weight is 234 g/mol. The van der Waals surface area contributed by atoms with Crippen molar-refractivity contribution in [1.29, 1.82) is 0 Å². The van der Waals surface area contributed by atoms with Crippen molar-refractivity contribution in [1.82, 2.24) is 0 Å². The molecule has 0 amide bonds. The molecule has 86 valence electrons.